The van der Waals surface area contributed by atoms with E-state index in [1.165, 1.54) is 18.1 Å². The van der Waals surface area contributed by atoms with E-state index in [0.29, 0.717) is 22.2 Å². The molecule has 20 heavy (non-hydrogen) atoms. The summed E-state index contributed by atoms with van der Waals surface area (Å²) in [6.45, 7) is 2.70. The first-order valence-electron chi connectivity index (χ1n) is 5.86. The van der Waals surface area contributed by atoms with Gasteiger partial charge in [-0.25, -0.2) is 9.97 Å². The normalized spacial score (nSPS) is 10.7. The summed E-state index contributed by atoms with van der Waals surface area (Å²) < 4.78 is 1.72. The smallest absolute Gasteiger partial charge is 0.240 e. The number of aromatic nitrogens is 8. The lowest BCUT2D eigenvalue weighted by molar-refractivity contribution is 0.820. The van der Waals surface area contributed by atoms with Gasteiger partial charge < -0.3 is 5.32 Å². The summed E-state index contributed by atoms with van der Waals surface area (Å²) in [4.78, 5) is 21.0. The lowest BCUT2D eigenvalue weighted by atomic mass is 10.7. The van der Waals surface area contributed by atoms with Gasteiger partial charge in [0.05, 0.1) is 0 Å². The molecule has 0 aliphatic rings. The Morgan fingerprint density at radius 3 is 3.00 bits per heavy atom. The molecule has 102 valence electrons. The number of rotatable bonds is 5. The average molecular weight is 289 g/mol. The molecule has 0 radical (unpaired) electrons. The first-order valence-corrected chi connectivity index (χ1v) is 6.68. The fourth-order valence-corrected chi connectivity index (χ4v) is 2.08. The lowest BCUT2D eigenvalue weighted by Crippen LogP contribution is -2.08. The quantitative estimate of drug-likeness (QED) is 0.708. The summed E-state index contributed by atoms with van der Waals surface area (Å²) in [6, 6.07) is 0. The molecule has 2 N–H and O–H groups in total. The van der Waals surface area contributed by atoms with Crippen LogP contribution in [0.2, 0.25) is 0 Å². The molecular weight excluding hydrogens is 278 g/mol. The van der Waals surface area contributed by atoms with E-state index in [1.54, 1.807) is 23.3 Å². The molecule has 0 atom stereocenters. The predicted molar refractivity (Wildman–Crippen MR) is 71.6 cm³/mol. The Morgan fingerprint density at radius 2 is 2.30 bits per heavy atom. The summed E-state index contributed by atoms with van der Waals surface area (Å²) in [5.41, 5.74) is 0. The van der Waals surface area contributed by atoms with Crippen molar-refractivity contribution in [3.05, 3.63) is 25.0 Å². The number of nitrogens with zero attached hydrogens (tertiary/aromatic N) is 7. The highest BCUT2D eigenvalue weighted by Gasteiger charge is 2.10. The van der Waals surface area contributed by atoms with Crippen molar-refractivity contribution in [1.82, 2.24) is 39.7 Å². The molecule has 10 heteroatoms. The van der Waals surface area contributed by atoms with Crippen molar-refractivity contribution < 1.29 is 0 Å². The van der Waals surface area contributed by atoms with E-state index in [-0.39, 0.29) is 0 Å². The van der Waals surface area contributed by atoms with E-state index >= 15 is 0 Å². The molecule has 3 aromatic heterocycles. The zero-order chi connectivity index (χ0) is 13.8. The van der Waals surface area contributed by atoms with Gasteiger partial charge in [0.25, 0.3) is 0 Å². The Kier molecular flexibility index (Phi) is 3.54. The molecule has 0 amide bonds. The standard InChI is InChI=1S/C10H11N9S/c1-2-12-7-15-8(19-4-3-11-6-19)17-10(16-7)20-9-13-5-14-18-9/h3-6H,2H2,1H3,(H,13,14,18)(H,12,15,16,17). The molecule has 0 fully saturated rings. The molecule has 0 saturated carbocycles. The van der Waals surface area contributed by atoms with Crippen LogP contribution >= 0.6 is 11.8 Å². The molecule has 0 unspecified atom stereocenters. The maximum atomic E-state index is 4.37. The van der Waals surface area contributed by atoms with Gasteiger partial charge in [-0.05, 0) is 18.7 Å². The predicted octanol–water partition coefficient (Wildman–Crippen LogP) is 0.758. The van der Waals surface area contributed by atoms with Crippen LogP contribution in [0.4, 0.5) is 5.95 Å². The molecule has 3 heterocycles. The van der Waals surface area contributed by atoms with Gasteiger partial charge >= 0.3 is 0 Å². The van der Waals surface area contributed by atoms with E-state index in [4.69, 9.17) is 0 Å². The molecule has 0 aliphatic carbocycles. The number of anilines is 1. The Labute approximate surface area is 118 Å². The van der Waals surface area contributed by atoms with Crippen molar-refractivity contribution in [2.24, 2.45) is 0 Å². The van der Waals surface area contributed by atoms with E-state index in [2.05, 4.69) is 40.4 Å². The van der Waals surface area contributed by atoms with Crippen LogP contribution in [0.1, 0.15) is 6.92 Å². The van der Waals surface area contributed by atoms with Crippen LogP contribution in [0.5, 0.6) is 0 Å². The fraction of sp³-hybridized carbons (Fsp3) is 0.200. The monoisotopic (exact) mass is 289 g/mol. The van der Waals surface area contributed by atoms with Gasteiger partial charge in [-0.1, -0.05) is 0 Å². The summed E-state index contributed by atoms with van der Waals surface area (Å²) in [6.07, 6.45) is 6.51. The second-order valence-electron chi connectivity index (χ2n) is 3.63. The Morgan fingerprint density at radius 1 is 1.35 bits per heavy atom. The van der Waals surface area contributed by atoms with Gasteiger partial charge in [-0.15, -0.1) is 0 Å². The molecule has 0 aromatic carbocycles. The zero-order valence-electron chi connectivity index (χ0n) is 10.6. The molecule has 0 saturated heterocycles. The van der Waals surface area contributed by atoms with E-state index in [0.717, 1.165) is 6.54 Å². The van der Waals surface area contributed by atoms with Gasteiger partial charge in [-0.3, -0.25) is 9.67 Å². The number of hydrogen-bond acceptors (Lipinski definition) is 8. The van der Waals surface area contributed by atoms with Crippen LogP contribution in [-0.2, 0) is 0 Å². The number of nitrogens with one attached hydrogen (secondary N) is 2. The van der Waals surface area contributed by atoms with Crippen LogP contribution in [0, 0.1) is 0 Å². The highest BCUT2D eigenvalue weighted by atomic mass is 32.2. The maximum Gasteiger partial charge on any atom is 0.240 e. The molecule has 0 spiro atoms. The van der Waals surface area contributed by atoms with Crippen LogP contribution < -0.4 is 5.32 Å². The second-order valence-corrected chi connectivity index (χ2v) is 4.59. The Bertz CT molecular complexity index is 664. The maximum absolute atomic E-state index is 4.37. The van der Waals surface area contributed by atoms with Crippen molar-refractivity contribution >= 4 is 17.7 Å². The molecular formula is C10H11N9S. The third-order valence-electron chi connectivity index (χ3n) is 2.25. The summed E-state index contributed by atoms with van der Waals surface area (Å²) >= 11 is 1.28. The van der Waals surface area contributed by atoms with E-state index in [9.17, 15) is 0 Å². The van der Waals surface area contributed by atoms with Gasteiger partial charge in [0.1, 0.15) is 12.7 Å². The highest BCUT2D eigenvalue weighted by Crippen LogP contribution is 2.21. The minimum absolute atomic E-state index is 0.496. The third kappa shape index (κ3) is 2.74. The van der Waals surface area contributed by atoms with Crippen molar-refractivity contribution in [3.8, 4) is 5.95 Å². The first-order chi connectivity index (χ1) is 9.85. The second kappa shape index (κ2) is 5.65. The summed E-state index contributed by atoms with van der Waals surface area (Å²) in [7, 11) is 0. The molecule has 0 aliphatic heterocycles. The largest absolute Gasteiger partial charge is 0.354 e. The van der Waals surface area contributed by atoms with E-state index < -0.39 is 0 Å². The number of aromatic amines is 1. The lowest BCUT2D eigenvalue weighted by Gasteiger charge is -2.06. The molecule has 3 rings (SSSR count). The SMILES string of the molecule is CCNc1nc(Sc2ncn[nH]2)nc(-n2ccnc2)n1. The number of imidazole rings is 1. The first kappa shape index (κ1) is 12.5. The van der Waals surface area contributed by atoms with Gasteiger partial charge in [0.2, 0.25) is 17.1 Å². The third-order valence-corrected chi connectivity index (χ3v) is 3.01. The van der Waals surface area contributed by atoms with Gasteiger partial charge in [-0.2, -0.15) is 20.1 Å². The van der Waals surface area contributed by atoms with Gasteiger partial charge in [0, 0.05) is 18.9 Å². The van der Waals surface area contributed by atoms with Crippen LogP contribution in [0.15, 0.2) is 35.4 Å². The van der Waals surface area contributed by atoms with Crippen LogP contribution in [0.3, 0.4) is 0 Å². The average Bonchev–Trinajstić information content (AvgIpc) is 3.11. The minimum Gasteiger partial charge on any atom is -0.354 e. The van der Waals surface area contributed by atoms with Crippen molar-refractivity contribution in [3.63, 3.8) is 0 Å². The Balaban J connectivity index is 1.96. The van der Waals surface area contributed by atoms with Crippen molar-refractivity contribution in [2.45, 2.75) is 17.2 Å². The highest BCUT2D eigenvalue weighted by molar-refractivity contribution is 7.99. The summed E-state index contributed by atoms with van der Waals surface area (Å²) in [5, 5.41) is 10.8. The van der Waals surface area contributed by atoms with Gasteiger partial charge in [0.15, 0.2) is 5.16 Å². The molecule has 3 aromatic rings. The summed E-state index contributed by atoms with van der Waals surface area (Å²) in [5.74, 6) is 1.00. The zero-order valence-corrected chi connectivity index (χ0v) is 11.4. The van der Waals surface area contributed by atoms with Crippen molar-refractivity contribution in [2.75, 3.05) is 11.9 Å². The Hall–Kier alpha value is -2.49. The minimum atomic E-state index is 0.496. The van der Waals surface area contributed by atoms with Crippen molar-refractivity contribution in [1.29, 1.82) is 0 Å². The van der Waals surface area contributed by atoms with Crippen LogP contribution in [0.25, 0.3) is 5.95 Å². The fourth-order valence-electron chi connectivity index (χ4n) is 1.45. The number of hydrogen-bond donors (Lipinski definition) is 2. The topological polar surface area (TPSA) is 110 Å². The molecule has 9 nitrogen and oxygen atoms in total. The van der Waals surface area contributed by atoms with E-state index in [1.807, 2.05) is 6.92 Å². The molecule has 0 bridgehead atoms. The number of H-pyrrole nitrogens is 1. The van der Waals surface area contributed by atoms with Crippen LogP contribution in [-0.4, -0.2) is 46.2 Å².